The van der Waals surface area contributed by atoms with Crippen LogP contribution in [0.15, 0.2) is 17.7 Å². The van der Waals surface area contributed by atoms with Crippen molar-refractivity contribution in [3.05, 3.63) is 34.4 Å². The van der Waals surface area contributed by atoms with Crippen LogP contribution in [0.3, 0.4) is 0 Å². The molecule has 34 heavy (non-hydrogen) atoms. The van der Waals surface area contributed by atoms with Crippen LogP contribution >= 0.6 is 0 Å². The quantitative estimate of drug-likeness (QED) is 0.602. The largest absolute Gasteiger partial charge is 0.504 e. The Morgan fingerprint density at radius 2 is 1.79 bits per heavy atom. The summed E-state index contributed by atoms with van der Waals surface area (Å²) < 4.78 is 5.35. The number of Topliss-reactive ketones (excluding diaryl/α,β-unsaturated/α-hetero) is 1. The number of carbonyl (C=O) groups excluding carboxylic acids is 2. The number of benzene rings is 1. The zero-order valence-corrected chi connectivity index (χ0v) is 21.4. The molecule has 1 aromatic rings. The second-order valence-corrected chi connectivity index (χ2v) is 12.5. The van der Waals surface area contributed by atoms with Crippen molar-refractivity contribution in [3.8, 4) is 11.5 Å². The molecule has 0 saturated heterocycles. The van der Waals surface area contributed by atoms with Gasteiger partial charge >= 0.3 is 0 Å². The zero-order chi connectivity index (χ0) is 24.8. The molecule has 3 saturated carbocycles. The van der Waals surface area contributed by atoms with Crippen molar-refractivity contribution >= 4 is 11.6 Å². The van der Waals surface area contributed by atoms with Crippen LogP contribution in [0.2, 0.25) is 0 Å². The summed E-state index contributed by atoms with van der Waals surface area (Å²) >= 11 is 0. The van der Waals surface area contributed by atoms with Gasteiger partial charge in [0, 0.05) is 28.9 Å². The van der Waals surface area contributed by atoms with E-state index in [1.165, 1.54) is 7.11 Å². The molecule has 5 rings (SSSR count). The van der Waals surface area contributed by atoms with E-state index in [1.807, 2.05) is 6.08 Å². The first-order valence-corrected chi connectivity index (χ1v) is 12.7. The normalized spacial score (nSPS) is 41.1. The van der Waals surface area contributed by atoms with Gasteiger partial charge in [0.1, 0.15) is 5.78 Å². The molecule has 4 aliphatic rings. The predicted molar refractivity (Wildman–Crippen MR) is 130 cm³/mol. The molecule has 0 radical (unpaired) electrons. The van der Waals surface area contributed by atoms with Gasteiger partial charge in [-0.25, -0.2) is 0 Å². The number of aliphatic hydroxyl groups excluding tert-OH is 1. The van der Waals surface area contributed by atoms with Crippen molar-refractivity contribution in [1.29, 1.82) is 0 Å². The standard InChI is InChI=1S/C29H38O5/c1-16-11-22-26(2,14-21(16)33)7-9-29(5)23-13-19(31)24-17(15-30)25(34-6)20(32)12-18(24)27(23,3)8-10-28(22,29)4/h12-13,16,22,30,32H,7-11,14-15H2,1-6H3. The molecule has 4 aliphatic carbocycles. The molecule has 6 atom stereocenters. The fraction of sp³-hybridized carbons (Fsp3) is 0.655. The molecular weight excluding hydrogens is 428 g/mol. The minimum Gasteiger partial charge on any atom is -0.504 e. The number of fused-ring (bicyclic) bond motifs is 7. The van der Waals surface area contributed by atoms with Crippen LogP contribution in [0.4, 0.5) is 0 Å². The summed E-state index contributed by atoms with van der Waals surface area (Å²) in [5.41, 5.74) is 2.21. The first-order valence-electron chi connectivity index (χ1n) is 12.7. The topological polar surface area (TPSA) is 83.8 Å². The van der Waals surface area contributed by atoms with Crippen LogP contribution in [0.1, 0.15) is 94.6 Å². The van der Waals surface area contributed by atoms with Gasteiger partial charge < -0.3 is 14.9 Å². The Labute approximate surface area is 202 Å². The Kier molecular flexibility index (Phi) is 4.99. The van der Waals surface area contributed by atoms with Gasteiger partial charge in [-0.05, 0) is 77.5 Å². The molecule has 0 spiro atoms. The lowest BCUT2D eigenvalue weighted by atomic mass is 9.35. The summed E-state index contributed by atoms with van der Waals surface area (Å²) in [6, 6.07) is 1.69. The molecule has 0 bridgehead atoms. The van der Waals surface area contributed by atoms with E-state index in [-0.39, 0.29) is 46.1 Å². The first-order chi connectivity index (χ1) is 15.9. The first kappa shape index (κ1) is 23.6. The Hall–Kier alpha value is -2.14. The summed E-state index contributed by atoms with van der Waals surface area (Å²) in [6.45, 7) is 11.0. The molecule has 0 amide bonds. The molecule has 5 nitrogen and oxygen atoms in total. The van der Waals surface area contributed by atoms with Crippen molar-refractivity contribution in [2.24, 2.45) is 28.1 Å². The van der Waals surface area contributed by atoms with Gasteiger partial charge in [0.15, 0.2) is 17.3 Å². The molecule has 0 heterocycles. The molecule has 3 fully saturated rings. The minimum absolute atomic E-state index is 0.0123. The summed E-state index contributed by atoms with van der Waals surface area (Å²) in [5, 5.41) is 20.9. The smallest absolute Gasteiger partial charge is 0.186 e. The number of allylic oxidation sites excluding steroid dienone is 2. The summed E-state index contributed by atoms with van der Waals surface area (Å²) in [4.78, 5) is 26.3. The lowest BCUT2D eigenvalue weighted by molar-refractivity contribution is -0.160. The van der Waals surface area contributed by atoms with Gasteiger partial charge in [0.2, 0.25) is 0 Å². The molecule has 6 unspecified atom stereocenters. The molecule has 5 heteroatoms. The number of hydrogen-bond donors (Lipinski definition) is 2. The number of hydrogen-bond acceptors (Lipinski definition) is 5. The third-order valence-electron chi connectivity index (χ3n) is 11.0. The highest BCUT2D eigenvalue weighted by Crippen LogP contribution is 2.73. The van der Waals surface area contributed by atoms with E-state index in [0.29, 0.717) is 29.2 Å². The number of methoxy groups -OCH3 is 1. The van der Waals surface area contributed by atoms with Crippen LogP contribution in [-0.4, -0.2) is 28.9 Å². The number of ketones is 2. The summed E-state index contributed by atoms with van der Waals surface area (Å²) in [7, 11) is 1.44. The number of aliphatic hydroxyl groups is 1. The maximum absolute atomic E-state index is 13.6. The van der Waals surface area contributed by atoms with Crippen molar-refractivity contribution in [2.45, 2.75) is 85.2 Å². The molecule has 1 aromatic carbocycles. The molecule has 0 aromatic heterocycles. The highest BCUT2D eigenvalue weighted by molar-refractivity contribution is 6.10. The number of phenols is 1. The van der Waals surface area contributed by atoms with Crippen molar-refractivity contribution in [1.82, 2.24) is 0 Å². The average molecular weight is 467 g/mol. The molecule has 184 valence electrons. The third-order valence-corrected chi connectivity index (χ3v) is 11.0. The van der Waals surface area contributed by atoms with Gasteiger partial charge in [-0.15, -0.1) is 0 Å². The second kappa shape index (κ2) is 7.19. The maximum atomic E-state index is 13.6. The van der Waals surface area contributed by atoms with E-state index in [2.05, 4.69) is 34.6 Å². The Morgan fingerprint density at radius 3 is 2.44 bits per heavy atom. The summed E-state index contributed by atoms with van der Waals surface area (Å²) in [6.07, 6.45) is 7.20. The number of aromatic hydroxyl groups is 1. The predicted octanol–water partition coefficient (Wildman–Crippen LogP) is 5.50. The van der Waals surface area contributed by atoms with Crippen LogP contribution in [-0.2, 0) is 16.8 Å². The number of rotatable bonds is 2. The number of ether oxygens (including phenoxy) is 1. The van der Waals surface area contributed by atoms with Gasteiger partial charge in [0.05, 0.1) is 13.7 Å². The van der Waals surface area contributed by atoms with E-state index in [4.69, 9.17) is 4.74 Å². The third kappa shape index (κ3) is 2.71. The van der Waals surface area contributed by atoms with Gasteiger partial charge in [0.25, 0.3) is 0 Å². The highest BCUT2D eigenvalue weighted by atomic mass is 16.5. The van der Waals surface area contributed by atoms with Crippen LogP contribution in [0.5, 0.6) is 11.5 Å². The summed E-state index contributed by atoms with van der Waals surface area (Å²) in [5.74, 6) is 0.936. The lowest BCUT2D eigenvalue weighted by Crippen LogP contribution is -2.62. The van der Waals surface area contributed by atoms with Crippen LogP contribution in [0.25, 0.3) is 0 Å². The van der Waals surface area contributed by atoms with E-state index >= 15 is 0 Å². The van der Waals surface area contributed by atoms with Crippen molar-refractivity contribution in [3.63, 3.8) is 0 Å². The van der Waals surface area contributed by atoms with Crippen molar-refractivity contribution in [2.75, 3.05) is 7.11 Å². The number of carbonyl (C=O) groups is 2. The van der Waals surface area contributed by atoms with E-state index in [9.17, 15) is 19.8 Å². The molecular formula is C29H38O5. The minimum atomic E-state index is -0.408. The Balaban J connectivity index is 1.68. The van der Waals surface area contributed by atoms with E-state index < -0.39 is 5.41 Å². The van der Waals surface area contributed by atoms with Crippen LogP contribution in [0, 0.1) is 28.1 Å². The fourth-order valence-electron chi connectivity index (χ4n) is 8.71. The molecule has 2 N–H and O–H groups in total. The second-order valence-electron chi connectivity index (χ2n) is 12.5. The van der Waals surface area contributed by atoms with Crippen LogP contribution < -0.4 is 4.74 Å². The number of phenolic OH excluding ortho intramolecular Hbond substituents is 1. The van der Waals surface area contributed by atoms with Crippen molar-refractivity contribution < 1.29 is 24.5 Å². The zero-order valence-electron chi connectivity index (χ0n) is 21.4. The monoisotopic (exact) mass is 466 g/mol. The average Bonchev–Trinajstić information content (AvgIpc) is 2.78. The molecule has 0 aliphatic heterocycles. The Morgan fingerprint density at radius 1 is 1.09 bits per heavy atom. The van der Waals surface area contributed by atoms with Gasteiger partial charge in [-0.2, -0.15) is 0 Å². The fourth-order valence-corrected chi connectivity index (χ4v) is 8.71. The van der Waals surface area contributed by atoms with Gasteiger partial charge in [-0.3, -0.25) is 9.59 Å². The highest BCUT2D eigenvalue weighted by Gasteiger charge is 2.66. The maximum Gasteiger partial charge on any atom is 0.186 e. The van der Waals surface area contributed by atoms with E-state index in [1.54, 1.807) is 6.07 Å². The van der Waals surface area contributed by atoms with E-state index in [0.717, 1.165) is 43.2 Å². The van der Waals surface area contributed by atoms with Gasteiger partial charge in [-0.1, -0.05) is 34.6 Å². The Bertz CT molecular complexity index is 1130. The SMILES string of the molecule is COc1c(O)cc2c(c1CO)C(=O)C=C1C2(C)CCC2(C)C3CC(C)C(=O)CC3(C)CCC12C. The lowest BCUT2D eigenvalue weighted by Gasteiger charge is -2.69.